The lowest BCUT2D eigenvalue weighted by molar-refractivity contribution is 0.0976. The molecule has 2 rings (SSSR count). The van der Waals surface area contributed by atoms with Crippen LogP contribution in [0.15, 0.2) is 52.1 Å². The molecule has 0 aliphatic heterocycles. The van der Waals surface area contributed by atoms with Crippen LogP contribution in [0.1, 0.15) is 16.1 Å². The maximum Gasteiger partial charge on any atom is 0.257 e. The zero-order chi connectivity index (χ0) is 13.7. The first-order valence-corrected chi connectivity index (χ1v) is 5.92. The number of hydrogen-bond donors (Lipinski definition) is 2. The molecule has 3 N–H and O–H groups in total. The molecule has 0 spiro atoms. The van der Waals surface area contributed by atoms with Gasteiger partial charge < -0.3 is 10.2 Å². The highest BCUT2D eigenvalue weighted by Crippen LogP contribution is 2.09. The van der Waals surface area contributed by atoms with Crippen LogP contribution in [0.3, 0.4) is 0 Å². The van der Waals surface area contributed by atoms with Crippen molar-refractivity contribution in [2.75, 3.05) is 0 Å². The predicted molar refractivity (Wildman–Crippen MR) is 73.0 cm³/mol. The molecule has 0 atom stereocenters. The number of guanidine groups is 1. The van der Waals surface area contributed by atoms with Gasteiger partial charge in [0.1, 0.15) is 12.3 Å². The summed E-state index contributed by atoms with van der Waals surface area (Å²) in [4.78, 5) is 15.8. The largest absolute Gasteiger partial charge is 0.467 e. The van der Waals surface area contributed by atoms with Crippen LogP contribution in [0.4, 0.5) is 0 Å². The Hall–Kier alpha value is -2.27. The predicted octanol–water partition coefficient (Wildman–Crippen LogP) is 2.18. The molecule has 0 radical (unpaired) electrons. The fraction of sp³-hybridized carbons (Fsp3) is 0.0769. The minimum atomic E-state index is -0.336. The van der Waals surface area contributed by atoms with E-state index in [4.69, 9.17) is 21.8 Å². The van der Waals surface area contributed by atoms with E-state index in [2.05, 4.69) is 10.3 Å². The minimum absolute atomic E-state index is 0.0383. The van der Waals surface area contributed by atoms with Crippen LogP contribution in [0.25, 0.3) is 0 Å². The molecule has 98 valence electrons. The lowest BCUT2D eigenvalue weighted by Gasteiger charge is -2.04. The van der Waals surface area contributed by atoms with Gasteiger partial charge in [0, 0.05) is 10.6 Å². The van der Waals surface area contributed by atoms with Crippen LogP contribution in [0.2, 0.25) is 5.02 Å². The normalized spacial score (nSPS) is 11.3. The molecular formula is C13H12ClN3O2. The molecule has 1 aromatic heterocycles. The summed E-state index contributed by atoms with van der Waals surface area (Å²) < 4.78 is 5.10. The van der Waals surface area contributed by atoms with E-state index in [1.807, 2.05) is 0 Å². The fourth-order valence-corrected chi connectivity index (χ4v) is 1.52. The number of nitrogens with zero attached hydrogens (tertiary/aromatic N) is 1. The molecule has 6 heteroatoms. The van der Waals surface area contributed by atoms with Gasteiger partial charge >= 0.3 is 0 Å². The Bertz CT molecular complexity index is 576. The monoisotopic (exact) mass is 277 g/mol. The van der Waals surface area contributed by atoms with E-state index in [1.54, 1.807) is 42.7 Å². The topological polar surface area (TPSA) is 80.6 Å². The third-order valence-corrected chi connectivity index (χ3v) is 2.59. The Kier molecular flexibility index (Phi) is 4.20. The van der Waals surface area contributed by atoms with Crippen LogP contribution in [0.5, 0.6) is 0 Å². The number of hydrogen-bond acceptors (Lipinski definition) is 3. The summed E-state index contributed by atoms with van der Waals surface area (Å²) in [5.41, 5.74) is 6.07. The molecule has 2 aromatic rings. The number of furan rings is 1. The SMILES string of the molecule is NC(=NCc1ccco1)NC(=O)c1ccc(Cl)cc1. The van der Waals surface area contributed by atoms with Crippen molar-refractivity contribution in [3.8, 4) is 0 Å². The Morgan fingerprint density at radius 3 is 2.68 bits per heavy atom. The van der Waals surface area contributed by atoms with Crippen molar-refractivity contribution in [3.63, 3.8) is 0 Å². The summed E-state index contributed by atoms with van der Waals surface area (Å²) in [5.74, 6) is 0.373. The first-order valence-electron chi connectivity index (χ1n) is 5.54. The number of nitrogens with one attached hydrogen (secondary N) is 1. The highest BCUT2D eigenvalue weighted by molar-refractivity contribution is 6.30. The number of rotatable bonds is 3. The molecule has 5 nitrogen and oxygen atoms in total. The molecule has 0 saturated heterocycles. The van der Waals surface area contributed by atoms with Crippen LogP contribution in [0, 0.1) is 0 Å². The molecule has 0 aliphatic carbocycles. The fourth-order valence-electron chi connectivity index (χ4n) is 1.39. The number of carbonyl (C=O) groups is 1. The maximum absolute atomic E-state index is 11.8. The average molecular weight is 278 g/mol. The van der Waals surface area contributed by atoms with Crippen molar-refractivity contribution in [1.82, 2.24) is 5.32 Å². The number of carbonyl (C=O) groups excluding carboxylic acids is 1. The van der Waals surface area contributed by atoms with Gasteiger partial charge in [0.05, 0.1) is 6.26 Å². The average Bonchev–Trinajstić information content (AvgIpc) is 2.90. The molecule has 1 heterocycles. The van der Waals surface area contributed by atoms with Crippen molar-refractivity contribution in [3.05, 3.63) is 59.0 Å². The lowest BCUT2D eigenvalue weighted by atomic mass is 10.2. The van der Waals surface area contributed by atoms with Crippen LogP contribution in [-0.4, -0.2) is 11.9 Å². The Balaban J connectivity index is 1.94. The smallest absolute Gasteiger partial charge is 0.257 e. The second-order valence-electron chi connectivity index (χ2n) is 3.74. The maximum atomic E-state index is 11.8. The van der Waals surface area contributed by atoms with Gasteiger partial charge in [0.15, 0.2) is 5.96 Å². The summed E-state index contributed by atoms with van der Waals surface area (Å²) in [5, 5.41) is 3.05. The van der Waals surface area contributed by atoms with E-state index < -0.39 is 0 Å². The van der Waals surface area contributed by atoms with Gasteiger partial charge in [-0.05, 0) is 36.4 Å². The molecule has 0 aliphatic rings. The zero-order valence-corrected chi connectivity index (χ0v) is 10.7. The third kappa shape index (κ3) is 3.86. The number of nitrogens with two attached hydrogens (primary N) is 1. The van der Waals surface area contributed by atoms with Crippen molar-refractivity contribution in [2.24, 2.45) is 10.7 Å². The van der Waals surface area contributed by atoms with Gasteiger partial charge in [-0.25, -0.2) is 4.99 Å². The summed E-state index contributed by atoms with van der Waals surface area (Å²) in [6.45, 7) is 0.278. The Morgan fingerprint density at radius 1 is 1.32 bits per heavy atom. The zero-order valence-electron chi connectivity index (χ0n) is 9.97. The van der Waals surface area contributed by atoms with Gasteiger partial charge in [0.2, 0.25) is 0 Å². The summed E-state index contributed by atoms with van der Waals surface area (Å²) in [7, 11) is 0. The molecular weight excluding hydrogens is 266 g/mol. The van der Waals surface area contributed by atoms with Crippen molar-refractivity contribution < 1.29 is 9.21 Å². The quantitative estimate of drug-likeness (QED) is 0.666. The number of halogens is 1. The molecule has 1 aromatic carbocycles. The minimum Gasteiger partial charge on any atom is -0.467 e. The molecule has 1 amide bonds. The second kappa shape index (κ2) is 6.06. The van der Waals surface area contributed by atoms with E-state index in [0.717, 1.165) is 0 Å². The second-order valence-corrected chi connectivity index (χ2v) is 4.18. The third-order valence-electron chi connectivity index (χ3n) is 2.33. The van der Waals surface area contributed by atoms with E-state index in [0.29, 0.717) is 16.3 Å². The van der Waals surface area contributed by atoms with E-state index >= 15 is 0 Å². The van der Waals surface area contributed by atoms with Gasteiger partial charge in [-0.3, -0.25) is 10.1 Å². The Morgan fingerprint density at radius 2 is 2.05 bits per heavy atom. The molecule has 0 saturated carbocycles. The molecule has 0 fully saturated rings. The highest BCUT2D eigenvalue weighted by Gasteiger charge is 2.06. The summed E-state index contributed by atoms with van der Waals surface area (Å²) in [6.07, 6.45) is 1.55. The number of benzene rings is 1. The molecule has 0 bridgehead atoms. The van der Waals surface area contributed by atoms with Gasteiger partial charge in [0.25, 0.3) is 5.91 Å². The van der Waals surface area contributed by atoms with E-state index in [-0.39, 0.29) is 18.4 Å². The van der Waals surface area contributed by atoms with Gasteiger partial charge in [-0.2, -0.15) is 0 Å². The van der Waals surface area contributed by atoms with E-state index in [9.17, 15) is 4.79 Å². The summed E-state index contributed by atoms with van der Waals surface area (Å²) >= 11 is 5.74. The van der Waals surface area contributed by atoms with Crippen molar-refractivity contribution in [2.45, 2.75) is 6.54 Å². The van der Waals surface area contributed by atoms with Gasteiger partial charge in [-0.15, -0.1) is 0 Å². The van der Waals surface area contributed by atoms with Crippen LogP contribution < -0.4 is 11.1 Å². The highest BCUT2D eigenvalue weighted by atomic mass is 35.5. The van der Waals surface area contributed by atoms with Crippen molar-refractivity contribution >= 4 is 23.5 Å². The number of amides is 1. The molecule has 0 unspecified atom stereocenters. The standard InChI is InChI=1S/C13H12ClN3O2/c14-10-5-3-9(4-6-10)12(18)17-13(15)16-8-11-2-1-7-19-11/h1-7H,8H2,(H3,15,16,17,18). The van der Waals surface area contributed by atoms with Gasteiger partial charge in [-0.1, -0.05) is 11.6 Å². The lowest BCUT2D eigenvalue weighted by Crippen LogP contribution is -2.36. The van der Waals surface area contributed by atoms with E-state index in [1.165, 1.54) is 0 Å². The van der Waals surface area contributed by atoms with Crippen LogP contribution in [-0.2, 0) is 6.54 Å². The first-order chi connectivity index (χ1) is 9.15. The summed E-state index contributed by atoms with van der Waals surface area (Å²) in [6, 6.07) is 10.0. The molecule has 19 heavy (non-hydrogen) atoms. The number of aliphatic imine (C=N–C) groups is 1. The van der Waals surface area contributed by atoms with Crippen molar-refractivity contribution in [1.29, 1.82) is 0 Å². The van der Waals surface area contributed by atoms with Crippen LogP contribution >= 0.6 is 11.6 Å². The Labute approximate surface area is 115 Å². The first kappa shape index (κ1) is 13.2.